The summed E-state index contributed by atoms with van der Waals surface area (Å²) in [5.41, 5.74) is 1.83. The van der Waals surface area contributed by atoms with Crippen LogP contribution in [0.15, 0.2) is 29.2 Å². The third kappa shape index (κ3) is 1.43. The van der Waals surface area contributed by atoms with Crippen molar-refractivity contribution in [2.24, 2.45) is 5.92 Å². The Labute approximate surface area is 102 Å². The number of hydrogen-bond acceptors (Lipinski definition) is 2. The lowest BCUT2D eigenvalue weighted by Gasteiger charge is -2.48. The summed E-state index contributed by atoms with van der Waals surface area (Å²) < 4.78 is 0. The minimum absolute atomic E-state index is 0.278. The molecule has 0 spiro atoms. The zero-order valence-corrected chi connectivity index (χ0v) is 10.6. The fourth-order valence-corrected chi connectivity index (χ4v) is 4.85. The first-order chi connectivity index (χ1) is 7.87. The predicted molar refractivity (Wildman–Crippen MR) is 69.9 cm³/mol. The fraction of sp³-hybridized carbons (Fsp3) is 0.571. The lowest BCUT2D eigenvalue weighted by atomic mass is 9.69. The molecule has 1 fully saturated rings. The molecule has 2 unspecified atom stereocenters. The van der Waals surface area contributed by atoms with E-state index in [9.17, 15) is 0 Å². The van der Waals surface area contributed by atoms with Gasteiger partial charge >= 0.3 is 0 Å². The van der Waals surface area contributed by atoms with Crippen LogP contribution in [0, 0.1) is 5.92 Å². The van der Waals surface area contributed by atoms with E-state index in [-0.39, 0.29) is 5.54 Å². The molecule has 86 valence electrons. The smallest absolute Gasteiger partial charge is 0.0479 e. The van der Waals surface area contributed by atoms with Crippen molar-refractivity contribution in [2.75, 3.05) is 12.8 Å². The normalized spacial score (nSPS) is 32.9. The number of rotatable bonds is 1. The number of thioether (sulfide) groups is 1. The molecule has 1 aliphatic heterocycles. The molecule has 1 aliphatic carbocycles. The summed E-state index contributed by atoms with van der Waals surface area (Å²) in [6, 6.07) is 8.97. The molecule has 1 saturated carbocycles. The lowest BCUT2D eigenvalue weighted by Crippen LogP contribution is -2.51. The van der Waals surface area contributed by atoms with Crippen molar-refractivity contribution >= 4 is 11.8 Å². The Balaban J connectivity index is 2.11. The van der Waals surface area contributed by atoms with Crippen LogP contribution in [0.3, 0.4) is 0 Å². The van der Waals surface area contributed by atoms with Gasteiger partial charge < -0.3 is 5.32 Å². The highest BCUT2D eigenvalue weighted by atomic mass is 32.2. The molecule has 2 heteroatoms. The van der Waals surface area contributed by atoms with Crippen LogP contribution < -0.4 is 5.32 Å². The molecule has 1 N–H and O–H groups in total. The molecule has 1 heterocycles. The van der Waals surface area contributed by atoms with Gasteiger partial charge in [0.15, 0.2) is 0 Å². The van der Waals surface area contributed by atoms with E-state index in [4.69, 9.17) is 0 Å². The van der Waals surface area contributed by atoms with Gasteiger partial charge in [-0.15, -0.1) is 11.8 Å². The second-order valence-corrected chi connectivity index (χ2v) is 6.03. The Hall–Kier alpha value is -0.470. The first kappa shape index (κ1) is 10.7. The van der Waals surface area contributed by atoms with Crippen LogP contribution in [0.5, 0.6) is 0 Å². The summed E-state index contributed by atoms with van der Waals surface area (Å²) in [7, 11) is 2.14. The van der Waals surface area contributed by atoms with Crippen molar-refractivity contribution in [3.63, 3.8) is 0 Å². The maximum atomic E-state index is 3.66. The molecular formula is C14H19NS. The SMILES string of the molecule is CNC12CCCCC1CSc1ccccc12. The summed E-state index contributed by atoms with van der Waals surface area (Å²) >= 11 is 2.05. The topological polar surface area (TPSA) is 12.0 Å². The third-order valence-corrected chi connectivity index (χ3v) is 5.56. The Morgan fingerprint density at radius 3 is 3.06 bits per heavy atom. The molecule has 0 radical (unpaired) electrons. The molecule has 1 nitrogen and oxygen atoms in total. The van der Waals surface area contributed by atoms with Gasteiger partial charge in [0.1, 0.15) is 0 Å². The zero-order valence-electron chi connectivity index (χ0n) is 9.83. The minimum Gasteiger partial charge on any atom is -0.310 e. The number of nitrogens with one attached hydrogen (secondary N) is 1. The van der Waals surface area contributed by atoms with Crippen LogP contribution in [0.2, 0.25) is 0 Å². The van der Waals surface area contributed by atoms with E-state index in [1.807, 2.05) is 11.8 Å². The maximum absolute atomic E-state index is 3.66. The highest BCUT2D eigenvalue weighted by Crippen LogP contribution is 2.50. The Bertz CT molecular complexity index is 390. The van der Waals surface area contributed by atoms with E-state index in [1.165, 1.54) is 36.3 Å². The van der Waals surface area contributed by atoms with Crippen LogP contribution >= 0.6 is 11.8 Å². The largest absolute Gasteiger partial charge is 0.310 e. The van der Waals surface area contributed by atoms with Crippen LogP contribution in [-0.4, -0.2) is 12.8 Å². The number of hydrogen-bond donors (Lipinski definition) is 1. The van der Waals surface area contributed by atoms with Gasteiger partial charge in [0.05, 0.1) is 0 Å². The van der Waals surface area contributed by atoms with Crippen LogP contribution in [0.25, 0.3) is 0 Å². The second-order valence-electron chi connectivity index (χ2n) is 4.97. The summed E-state index contributed by atoms with van der Waals surface area (Å²) in [5, 5.41) is 3.66. The molecule has 2 aliphatic rings. The molecule has 0 amide bonds. The monoisotopic (exact) mass is 233 g/mol. The molecule has 2 atom stereocenters. The predicted octanol–water partition coefficient (Wildman–Crippen LogP) is 3.40. The highest BCUT2D eigenvalue weighted by molar-refractivity contribution is 7.99. The average Bonchev–Trinajstić information content (AvgIpc) is 2.38. The van der Waals surface area contributed by atoms with Crippen molar-refractivity contribution in [1.82, 2.24) is 5.32 Å². The molecule has 0 aromatic heterocycles. The van der Waals surface area contributed by atoms with Crippen LogP contribution in [-0.2, 0) is 5.54 Å². The van der Waals surface area contributed by atoms with Gasteiger partial charge in [-0.3, -0.25) is 0 Å². The van der Waals surface area contributed by atoms with Gasteiger partial charge in [0.25, 0.3) is 0 Å². The van der Waals surface area contributed by atoms with Crippen molar-refractivity contribution in [3.05, 3.63) is 29.8 Å². The van der Waals surface area contributed by atoms with Crippen molar-refractivity contribution in [2.45, 2.75) is 36.1 Å². The Morgan fingerprint density at radius 1 is 1.31 bits per heavy atom. The van der Waals surface area contributed by atoms with E-state index < -0.39 is 0 Å². The van der Waals surface area contributed by atoms with Gasteiger partial charge in [-0.25, -0.2) is 0 Å². The number of benzene rings is 1. The molecule has 1 aromatic carbocycles. The summed E-state index contributed by atoms with van der Waals surface area (Å²) in [6.45, 7) is 0. The molecule has 16 heavy (non-hydrogen) atoms. The lowest BCUT2D eigenvalue weighted by molar-refractivity contribution is 0.162. The third-order valence-electron chi connectivity index (χ3n) is 4.32. The van der Waals surface area contributed by atoms with Crippen LogP contribution in [0.1, 0.15) is 31.2 Å². The quantitative estimate of drug-likeness (QED) is 0.798. The van der Waals surface area contributed by atoms with Crippen molar-refractivity contribution in [1.29, 1.82) is 0 Å². The van der Waals surface area contributed by atoms with E-state index in [1.54, 1.807) is 5.56 Å². The van der Waals surface area contributed by atoms with E-state index in [2.05, 4.69) is 36.6 Å². The summed E-state index contributed by atoms with van der Waals surface area (Å²) in [6.07, 6.45) is 5.49. The first-order valence-corrected chi connectivity index (χ1v) is 7.26. The molecule has 0 saturated heterocycles. The number of fused-ring (bicyclic) bond motifs is 3. The van der Waals surface area contributed by atoms with Crippen molar-refractivity contribution in [3.8, 4) is 0 Å². The van der Waals surface area contributed by atoms with Crippen LogP contribution in [0.4, 0.5) is 0 Å². The molecule has 1 aromatic rings. The molecule has 0 bridgehead atoms. The minimum atomic E-state index is 0.278. The molecular weight excluding hydrogens is 214 g/mol. The summed E-state index contributed by atoms with van der Waals surface area (Å²) in [4.78, 5) is 1.50. The second kappa shape index (κ2) is 4.08. The Kier molecular flexibility index (Phi) is 2.72. The molecule has 3 rings (SSSR count). The van der Waals surface area contributed by atoms with Gasteiger partial charge in [-0.2, -0.15) is 0 Å². The first-order valence-electron chi connectivity index (χ1n) is 6.28. The van der Waals surface area contributed by atoms with Gasteiger partial charge in [-0.05, 0) is 37.4 Å². The summed E-state index contributed by atoms with van der Waals surface area (Å²) in [5.74, 6) is 2.11. The van der Waals surface area contributed by atoms with Gasteiger partial charge in [-0.1, -0.05) is 31.0 Å². The van der Waals surface area contributed by atoms with Gasteiger partial charge in [0, 0.05) is 16.2 Å². The van der Waals surface area contributed by atoms with E-state index >= 15 is 0 Å². The van der Waals surface area contributed by atoms with E-state index in [0.717, 1.165) is 5.92 Å². The van der Waals surface area contributed by atoms with Gasteiger partial charge in [0.2, 0.25) is 0 Å². The van der Waals surface area contributed by atoms with E-state index in [0.29, 0.717) is 0 Å². The zero-order chi connectivity index (χ0) is 11.0. The fourth-order valence-electron chi connectivity index (χ4n) is 3.44. The highest BCUT2D eigenvalue weighted by Gasteiger charge is 2.44. The average molecular weight is 233 g/mol. The maximum Gasteiger partial charge on any atom is 0.0479 e. The Morgan fingerprint density at radius 2 is 2.19 bits per heavy atom. The van der Waals surface area contributed by atoms with Crippen molar-refractivity contribution < 1.29 is 0 Å². The standard InChI is InChI=1S/C14H19NS/c1-15-14-9-5-4-6-11(14)10-16-13-8-3-2-7-12(13)14/h2-3,7-8,11,15H,4-6,9-10H2,1H3.